The van der Waals surface area contributed by atoms with Crippen LogP contribution in [0.4, 0.5) is 17.1 Å². The van der Waals surface area contributed by atoms with Crippen molar-refractivity contribution in [3.05, 3.63) is 77.0 Å². The fraction of sp³-hybridized carbons (Fsp3) is 0.182. The Balaban J connectivity index is 1.52. The molecule has 28 heavy (non-hydrogen) atoms. The van der Waals surface area contributed by atoms with Crippen LogP contribution in [0.1, 0.15) is 23.2 Å². The third-order valence-corrected chi connectivity index (χ3v) is 5.02. The lowest BCUT2D eigenvalue weighted by Crippen LogP contribution is -2.25. The molecule has 144 valence electrons. The van der Waals surface area contributed by atoms with Gasteiger partial charge in [-0.25, -0.2) is 0 Å². The van der Waals surface area contributed by atoms with Crippen molar-refractivity contribution in [2.24, 2.45) is 0 Å². The Kier molecular flexibility index (Phi) is 6.81. The molecule has 0 saturated heterocycles. The number of amides is 2. The molecule has 0 aliphatic rings. The molecule has 0 aliphatic carbocycles. The van der Waals surface area contributed by atoms with Gasteiger partial charge in [0, 0.05) is 36.6 Å². The third kappa shape index (κ3) is 5.20. The lowest BCUT2D eigenvalue weighted by Gasteiger charge is -2.22. The van der Waals surface area contributed by atoms with E-state index in [1.807, 2.05) is 77.3 Å². The number of carbonyl (C=O) groups is 2. The van der Waals surface area contributed by atoms with E-state index in [9.17, 15) is 9.59 Å². The van der Waals surface area contributed by atoms with Crippen LogP contribution in [-0.2, 0) is 4.79 Å². The van der Waals surface area contributed by atoms with E-state index < -0.39 is 0 Å². The van der Waals surface area contributed by atoms with E-state index in [-0.39, 0.29) is 11.8 Å². The van der Waals surface area contributed by atoms with Gasteiger partial charge in [0.05, 0.1) is 11.4 Å². The Morgan fingerprint density at radius 1 is 1.00 bits per heavy atom. The molecule has 0 bridgehead atoms. The van der Waals surface area contributed by atoms with Gasteiger partial charge < -0.3 is 15.5 Å². The van der Waals surface area contributed by atoms with E-state index in [0.29, 0.717) is 24.9 Å². The molecule has 0 aliphatic heterocycles. The summed E-state index contributed by atoms with van der Waals surface area (Å²) in [6, 6.07) is 19.5. The summed E-state index contributed by atoms with van der Waals surface area (Å²) in [6.07, 6.45) is 0.922. The van der Waals surface area contributed by atoms with Gasteiger partial charge in [0.15, 0.2) is 0 Å². The first-order valence-electron chi connectivity index (χ1n) is 9.13. The van der Waals surface area contributed by atoms with Crippen molar-refractivity contribution in [2.45, 2.75) is 12.8 Å². The molecule has 0 spiro atoms. The van der Waals surface area contributed by atoms with Crippen LogP contribution < -0.4 is 15.5 Å². The van der Waals surface area contributed by atoms with Crippen LogP contribution in [-0.4, -0.2) is 25.4 Å². The maximum atomic E-state index is 12.4. The van der Waals surface area contributed by atoms with Gasteiger partial charge in [-0.05, 0) is 42.1 Å². The molecule has 2 N–H and O–H groups in total. The average molecular weight is 394 g/mol. The quantitative estimate of drug-likeness (QED) is 0.547. The van der Waals surface area contributed by atoms with Crippen LogP contribution in [0.3, 0.4) is 0 Å². The summed E-state index contributed by atoms with van der Waals surface area (Å²) in [7, 11) is 1.97. The first-order chi connectivity index (χ1) is 13.6. The van der Waals surface area contributed by atoms with E-state index >= 15 is 0 Å². The molecular formula is C22H23N3O2S. The molecular weight excluding hydrogens is 370 g/mol. The van der Waals surface area contributed by atoms with Crippen molar-refractivity contribution in [3.8, 4) is 0 Å². The molecule has 0 fully saturated rings. The zero-order chi connectivity index (χ0) is 19.8. The van der Waals surface area contributed by atoms with Gasteiger partial charge in [0.1, 0.15) is 0 Å². The molecule has 2 amide bonds. The first-order valence-corrected chi connectivity index (χ1v) is 10.1. The maximum Gasteiger partial charge on any atom is 0.252 e. The van der Waals surface area contributed by atoms with Crippen molar-refractivity contribution < 1.29 is 9.59 Å². The lowest BCUT2D eigenvalue weighted by molar-refractivity contribution is -0.116. The fourth-order valence-corrected chi connectivity index (χ4v) is 3.46. The number of anilines is 3. The van der Waals surface area contributed by atoms with E-state index in [0.717, 1.165) is 17.1 Å². The molecule has 1 heterocycles. The minimum atomic E-state index is -0.100. The highest BCUT2D eigenvalue weighted by atomic mass is 32.1. The predicted octanol–water partition coefficient (Wildman–Crippen LogP) is 4.66. The van der Waals surface area contributed by atoms with Gasteiger partial charge in [0.2, 0.25) is 5.91 Å². The number of thiophene rings is 1. The Morgan fingerprint density at radius 3 is 2.50 bits per heavy atom. The standard InChI is InChI=1S/C22H23N3O2S/c1-25(18-8-3-2-4-9-18)20-11-6-5-10-19(20)24-21(26)12-7-14-23-22(27)17-13-15-28-16-17/h2-6,8-11,13,15-16H,7,12,14H2,1H3,(H,23,27)(H,24,26). The van der Waals surface area contributed by atoms with E-state index in [2.05, 4.69) is 10.6 Å². The van der Waals surface area contributed by atoms with Gasteiger partial charge >= 0.3 is 0 Å². The van der Waals surface area contributed by atoms with Crippen LogP contribution in [0.25, 0.3) is 0 Å². The third-order valence-electron chi connectivity index (χ3n) is 4.33. The summed E-state index contributed by atoms with van der Waals surface area (Å²) in [5.74, 6) is -0.171. The van der Waals surface area contributed by atoms with Gasteiger partial charge in [-0.2, -0.15) is 11.3 Å². The number of para-hydroxylation sites is 3. The number of nitrogens with one attached hydrogen (secondary N) is 2. The number of carbonyl (C=O) groups excluding carboxylic acids is 2. The molecule has 1 aromatic heterocycles. The molecule has 6 heteroatoms. The molecule has 2 aromatic carbocycles. The van der Waals surface area contributed by atoms with Crippen LogP contribution in [0.2, 0.25) is 0 Å². The topological polar surface area (TPSA) is 61.4 Å². The summed E-state index contributed by atoms with van der Waals surface area (Å²) in [6.45, 7) is 0.466. The highest BCUT2D eigenvalue weighted by molar-refractivity contribution is 7.08. The molecule has 3 rings (SSSR count). The molecule has 0 atom stereocenters. The van der Waals surface area contributed by atoms with Crippen molar-refractivity contribution in [1.82, 2.24) is 5.32 Å². The lowest BCUT2D eigenvalue weighted by atomic mass is 10.2. The largest absolute Gasteiger partial charge is 0.352 e. The van der Waals surface area contributed by atoms with Crippen molar-refractivity contribution in [2.75, 3.05) is 23.8 Å². The minimum Gasteiger partial charge on any atom is -0.352 e. The normalized spacial score (nSPS) is 10.3. The summed E-state index contributed by atoms with van der Waals surface area (Å²) in [5, 5.41) is 9.50. The number of benzene rings is 2. The number of nitrogens with zero attached hydrogens (tertiary/aromatic N) is 1. The minimum absolute atomic E-state index is 0.0707. The number of hydrogen-bond acceptors (Lipinski definition) is 4. The van der Waals surface area contributed by atoms with Crippen LogP contribution in [0, 0.1) is 0 Å². The second kappa shape index (κ2) is 9.71. The van der Waals surface area contributed by atoms with E-state index in [1.54, 1.807) is 6.07 Å². The predicted molar refractivity (Wildman–Crippen MR) is 115 cm³/mol. The Labute approximate surface area is 169 Å². The van der Waals surface area contributed by atoms with Crippen molar-refractivity contribution in [1.29, 1.82) is 0 Å². The Hall–Kier alpha value is -3.12. The number of hydrogen-bond donors (Lipinski definition) is 2. The summed E-state index contributed by atoms with van der Waals surface area (Å²) < 4.78 is 0. The van der Waals surface area contributed by atoms with Crippen LogP contribution >= 0.6 is 11.3 Å². The van der Waals surface area contributed by atoms with Crippen molar-refractivity contribution >= 4 is 40.2 Å². The van der Waals surface area contributed by atoms with E-state index in [4.69, 9.17) is 0 Å². The zero-order valence-electron chi connectivity index (χ0n) is 15.7. The monoisotopic (exact) mass is 393 g/mol. The fourth-order valence-electron chi connectivity index (χ4n) is 2.82. The molecule has 5 nitrogen and oxygen atoms in total. The average Bonchev–Trinajstić information content (AvgIpc) is 3.27. The van der Waals surface area contributed by atoms with Crippen LogP contribution in [0.5, 0.6) is 0 Å². The molecule has 0 radical (unpaired) electrons. The Bertz CT molecular complexity index is 911. The molecule has 0 unspecified atom stereocenters. The van der Waals surface area contributed by atoms with Gasteiger partial charge in [-0.15, -0.1) is 0 Å². The smallest absolute Gasteiger partial charge is 0.252 e. The van der Waals surface area contributed by atoms with Gasteiger partial charge in [-0.1, -0.05) is 30.3 Å². The molecule has 0 saturated carbocycles. The SMILES string of the molecule is CN(c1ccccc1)c1ccccc1NC(=O)CCCNC(=O)c1ccsc1. The highest BCUT2D eigenvalue weighted by Crippen LogP contribution is 2.30. The zero-order valence-corrected chi connectivity index (χ0v) is 16.5. The summed E-state index contributed by atoms with van der Waals surface area (Å²) >= 11 is 1.49. The van der Waals surface area contributed by atoms with Gasteiger partial charge in [-0.3, -0.25) is 9.59 Å². The van der Waals surface area contributed by atoms with Crippen LogP contribution in [0.15, 0.2) is 71.4 Å². The second-order valence-electron chi connectivity index (χ2n) is 6.33. The highest BCUT2D eigenvalue weighted by Gasteiger charge is 2.11. The summed E-state index contributed by atoms with van der Waals surface area (Å²) in [4.78, 5) is 26.3. The van der Waals surface area contributed by atoms with E-state index in [1.165, 1.54) is 11.3 Å². The first kappa shape index (κ1) is 19.6. The second-order valence-corrected chi connectivity index (χ2v) is 7.11. The summed E-state index contributed by atoms with van der Waals surface area (Å²) in [5.41, 5.74) is 3.39. The molecule has 3 aromatic rings. The van der Waals surface area contributed by atoms with Crippen molar-refractivity contribution in [3.63, 3.8) is 0 Å². The Morgan fingerprint density at radius 2 is 1.75 bits per heavy atom. The maximum absolute atomic E-state index is 12.4. The van der Waals surface area contributed by atoms with Gasteiger partial charge in [0.25, 0.3) is 5.91 Å². The number of rotatable bonds is 8.